The summed E-state index contributed by atoms with van der Waals surface area (Å²) in [6, 6.07) is 13.3. The Hall–Kier alpha value is -0.110. The van der Waals surface area contributed by atoms with Gasteiger partial charge in [-0.05, 0) is 42.2 Å². The van der Waals surface area contributed by atoms with Crippen LogP contribution in [0.25, 0.3) is 10.8 Å². The van der Waals surface area contributed by atoms with E-state index in [1.807, 2.05) is 0 Å². The maximum Gasteiger partial charge on any atom is 1.00 e. The molecule has 146 valence electrons. The average molecular weight is 466 g/mol. The Morgan fingerprint density at radius 2 is 1.78 bits per heavy atom. The zero-order chi connectivity index (χ0) is 18.2. The van der Waals surface area contributed by atoms with E-state index in [-0.39, 0.29) is 59.1 Å². The normalized spacial score (nSPS) is 17.9. The number of hydrogen-bond acceptors (Lipinski definition) is 3. The number of hydrogen-bond donors (Lipinski definition) is 1. The summed E-state index contributed by atoms with van der Waals surface area (Å²) >= 11 is 0. The van der Waals surface area contributed by atoms with Gasteiger partial charge in [0, 0.05) is 23.7 Å². The van der Waals surface area contributed by atoms with Crippen LogP contribution in [0.1, 0.15) is 47.0 Å². The molecular weight excluding hydrogens is 437 g/mol. The fourth-order valence-electron chi connectivity index (χ4n) is 4.04. The van der Waals surface area contributed by atoms with Gasteiger partial charge in [0.25, 0.3) is 10.1 Å². The SMILES string of the molecule is Br.CC1N(CCCCCS(=O)(=O)O)c2ccc3ccccc3c2C1(C)C.[H-].[Na+]. The van der Waals surface area contributed by atoms with E-state index in [4.69, 9.17) is 4.55 Å². The third-order valence-electron chi connectivity index (χ3n) is 5.67. The van der Waals surface area contributed by atoms with Crippen molar-refractivity contribution in [2.75, 3.05) is 17.2 Å². The largest absolute Gasteiger partial charge is 1.00 e. The van der Waals surface area contributed by atoms with Crippen molar-refractivity contribution in [3.63, 3.8) is 0 Å². The topological polar surface area (TPSA) is 57.6 Å². The molecule has 4 nitrogen and oxygen atoms in total. The monoisotopic (exact) mass is 465 g/mol. The van der Waals surface area contributed by atoms with Gasteiger partial charge in [-0.2, -0.15) is 8.42 Å². The first kappa shape index (κ1) is 24.9. The van der Waals surface area contributed by atoms with Crippen LogP contribution in [0.2, 0.25) is 0 Å². The van der Waals surface area contributed by atoms with Crippen LogP contribution in [0.4, 0.5) is 5.69 Å². The average Bonchev–Trinajstić information content (AvgIpc) is 2.74. The summed E-state index contributed by atoms with van der Waals surface area (Å²) in [4.78, 5) is 2.45. The predicted molar refractivity (Wildman–Crippen MR) is 115 cm³/mol. The van der Waals surface area contributed by atoms with Gasteiger partial charge < -0.3 is 6.33 Å². The van der Waals surface area contributed by atoms with Crippen molar-refractivity contribution in [3.8, 4) is 0 Å². The molecule has 1 atom stereocenters. The van der Waals surface area contributed by atoms with Gasteiger partial charge in [-0.15, -0.1) is 17.0 Å². The summed E-state index contributed by atoms with van der Waals surface area (Å²) in [6.07, 6.45) is 2.23. The van der Waals surface area contributed by atoms with Crippen LogP contribution in [0, 0.1) is 0 Å². The summed E-state index contributed by atoms with van der Waals surface area (Å²) in [5.74, 6) is -0.144. The van der Waals surface area contributed by atoms with E-state index in [2.05, 4.69) is 62.1 Å². The van der Waals surface area contributed by atoms with Crippen LogP contribution >= 0.6 is 17.0 Å². The van der Waals surface area contributed by atoms with Crippen LogP contribution in [0.3, 0.4) is 0 Å². The molecule has 7 heteroatoms. The van der Waals surface area contributed by atoms with Crippen molar-refractivity contribution >= 4 is 43.6 Å². The molecule has 1 heterocycles. The third kappa shape index (κ3) is 5.28. The van der Waals surface area contributed by atoms with Crippen molar-refractivity contribution < 1.29 is 44.0 Å². The molecule has 27 heavy (non-hydrogen) atoms. The van der Waals surface area contributed by atoms with Gasteiger partial charge in [0.1, 0.15) is 0 Å². The van der Waals surface area contributed by atoms with Crippen LogP contribution in [0.5, 0.6) is 0 Å². The smallest absolute Gasteiger partial charge is 1.00 e. The van der Waals surface area contributed by atoms with Gasteiger partial charge in [0.05, 0.1) is 5.75 Å². The van der Waals surface area contributed by atoms with Crippen molar-refractivity contribution in [3.05, 3.63) is 42.0 Å². The molecule has 0 aliphatic carbocycles. The molecule has 2 aromatic carbocycles. The zero-order valence-corrected chi connectivity index (χ0v) is 21.1. The second kappa shape index (κ2) is 9.59. The molecule has 2 aromatic rings. The Morgan fingerprint density at radius 3 is 2.44 bits per heavy atom. The number of nitrogens with zero attached hydrogens (tertiary/aromatic N) is 1. The molecule has 0 aromatic heterocycles. The van der Waals surface area contributed by atoms with E-state index in [1.54, 1.807) is 0 Å². The molecule has 0 amide bonds. The van der Waals surface area contributed by atoms with Gasteiger partial charge in [-0.3, -0.25) is 4.55 Å². The summed E-state index contributed by atoms with van der Waals surface area (Å²) in [7, 11) is -3.84. The summed E-state index contributed by atoms with van der Waals surface area (Å²) in [6.45, 7) is 7.79. The molecule has 3 rings (SSSR count). The van der Waals surface area contributed by atoms with Crippen molar-refractivity contribution in [2.24, 2.45) is 0 Å². The van der Waals surface area contributed by atoms with Crippen molar-refractivity contribution in [1.82, 2.24) is 0 Å². The maximum atomic E-state index is 10.8. The molecular formula is C20H29BrNNaO3S. The maximum absolute atomic E-state index is 10.8. The Labute approximate surface area is 197 Å². The molecule has 1 aliphatic rings. The van der Waals surface area contributed by atoms with Crippen molar-refractivity contribution in [2.45, 2.75) is 51.5 Å². The Morgan fingerprint density at radius 1 is 1.11 bits per heavy atom. The minimum Gasteiger partial charge on any atom is -1.00 e. The summed E-state index contributed by atoms with van der Waals surface area (Å²) in [5.41, 5.74) is 2.77. The van der Waals surface area contributed by atoms with E-state index in [9.17, 15) is 8.42 Å². The fraction of sp³-hybridized carbons (Fsp3) is 0.500. The van der Waals surface area contributed by atoms with E-state index >= 15 is 0 Å². The minimum absolute atomic E-state index is 0. The quantitative estimate of drug-likeness (QED) is 0.403. The summed E-state index contributed by atoms with van der Waals surface area (Å²) in [5, 5.41) is 2.60. The van der Waals surface area contributed by atoms with Crippen LogP contribution in [-0.4, -0.2) is 31.3 Å². The first-order valence-electron chi connectivity index (χ1n) is 8.96. The van der Waals surface area contributed by atoms with E-state index in [0.717, 1.165) is 19.4 Å². The zero-order valence-electron chi connectivity index (χ0n) is 17.6. The van der Waals surface area contributed by atoms with Gasteiger partial charge in [0.15, 0.2) is 0 Å². The number of rotatable bonds is 6. The molecule has 1 aliphatic heterocycles. The third-order valence-corrected chi connectivity index (χ3v) is 6.48. The standard InChI is InChI=1S/C20H27NO3S.BrH.Na.H/c1-15-20(2,3)19-17-10-6-5-9-16(17)11-12-18(19)21(15)13-7-4-8-14-25(22,23)24;;;/h5-6,9-12,15H,4,7-8,13-14H2,1-3H3,(H,22,23,24);1H;;/q;;+1;-1. The van der Waals surface area contributed by atoms with E-state index < -0.39 is 10.1 Å². The molecule has 0 saturated heterocycles. The van der Waals surface area contributed by atoms with E-state index in [0.29, 0.717) is 12.5 Å². The minimum atomic E-state index is -3.84. The molecule has 0 fully saturated rings. The number of fused-ring (bicyclic) bond motifs is 3. The molecule has 1 N–H and O–H groups in total. The number of benzene rings is 2. The second-order valence-electron chi connectivity index (χ2n) is 7.62. The second-order valence-corrected chi connectivity index (χ2v) is 9.19. The fourth-order valence-corrected chi connectivity index (χ4v) is 4.61. The molecule has 0 saturated carbocycles. The molecule has 0 spiro atoms. The Kier molecular flexibility index (Phi) is 8.86. The van der Waals surface area contributed by atoms with Gasteiger partial charge >= 0.3 is 29.6 Å². The van der Waals surface area contributed by atoms with Crippen LogP contribution < -0.4 is 34.5 Å². The van der Waals surface area contributed by atoms with Crippen LogP contribution in [-0.2, 0) is 15.5 Å². The van der Waals surface area contributed by atoms with Crippen molar-refractivity contribution in [1.29, 1.82) is 0 Å². The first-order chi connectivity index (χ1) is 11.7. The Balaban J connectivity index is 0.00000243. The van der Waals surface area contributed by atoms with Gasteiger partial charge in [0.2, 0.25) is 0 Å². The Bertz CT molecular complexity index is 892. The number of unbranched alkanes of at least 4 members (excludes halogenated alkanes) is 2. The number of anilines is 1. The van der Waals surface area contributed by atoms with Gasteiger partial charge in [-0.1, -0.05) is 50.6 Å². The predicted octanol–water partition coefficient (Wildman–Crippen LogP) is 2.08. The summed E-state index contributed by atoms with van der Waals surface area (Å²) < 4.78 is 30.5. The van der Waals surface area contributed by atoms with Gasteiger partial charge in [-0.25, -0.2) is 0 Å². The molecule has 0 bridgehead atoms. The van der Waals surface area contributed by atoms with E-state index in [1.165, 1.54) is 22.0 Å². The molecule has 0 radical (unpaired) electrons. The molecule has 1 unspecified atom stereocenters. The van der Waals surface area contributed by atoms with Crippen LogP contribution in [0.15, 0.2) is 36.4 Å². The first-order valence-corrected chi connectivity index (χ1v) is 10.6. The number of halogens is 1.